The fourth-order valence-electron chi connectivity index (χ4n) is 5.24. The Morgan fingerprint density at radius 3 is 2.39 bits per heavy atom. The first kappa shape index (κ1) is 24.5. The largest absolute Gasteiger partial charge is 0.486 e. The van der Waals surface area contributed by atoms with Crippen LogP contribution >= 0.6 is 11.6 Å². The van der Waals surface area contributed by atoms with E-state index in [-0.39, 0.29) is 25.0 Å². The van der Waals surface area contributed by atoms with Crippen molar-refractivity contribution in [1.82, 2.24) is 9.80 Å². The van der Waals surface area contributed by atoms with Gasteiger partial charge in [-0.05, 0) is 35.9 Å². The van der Waals surface area contributed by atoms with Gasteiger partial charge in [-0.2, -0.15) is 0 Å². The SMILES string of the molecule is O=C1c2cccc(N3CCN(CC(Cl)=Cc4ccccc4)CC3)c2C(=O)N1CC1COc2ccccc2O1. The van der Waals surface area contributed by atoms with Gasteiger partial charge < -0.3 is 14.4 Å². The number of hydrogen-bond acceptors (Lipinski definition) is 6. The number of ether oxygens (including phenoxy) is 2. The summed E-state index contributed by atoms with van der Waals surface area (Å²) in [4.78, 5) is 32.6. The number of piperazine rings is 1. The molecule has 3 aliphatic heterocycles. The van der Waals surface area contributed by atoms with Gasteiger partial charge in [-0.15, -0.1) is 0 Å². The Labute approximate surface area is 226 Å². The van der Waals surface area contributed by atoms with Gasteiger partial charge >= 0.3 is 0 Å². The Morgan fingerprint density at radius 2 is 1.61 bits per heavy atom. The number of carbonyl (C=O) groups excluding carboxylic acids is 2. The second-order valence-electron chi connectivity index (χ2n) is 9.68. The molecule has 194 valence electrons. The number of para-hydroxylation sites is 2. The molecule has 0 N–H and O–H groups in total. The van der Waals surface area contributed by atoms with E-state index in [4.69, 9.17) is 21.1 Å². The molecule has 1 fully saturated rings. The molecule has 3 heterocycles. The molecule has 3 aromatic rings. The summed E-state index contributed by atoms with van der Waals surface area (Å²) in [5.74, 6) is 0.729. The summed E-state index contributed by atoms with van der Waals surface area (Å²) < 4.78 is 11.8. The second-order valence-corrected chi connectivity index (χ2v) is 10.2. The molecule has 7 nitrogen and oxygen atoms in total. The van der Waals surface area contributed by atoms with Crippen LogP contribution in [-0.4, -0.2) is 73.6 Å². The summed E-state index contributed by atoms with van der Waals surface area (Å²) in [5, 5.41) is 0.790. The van der Waals surface area contributed by atoms with Gasteiger partial charge in [0, 0.05) is 37.8 Å². The molecule has 6 rings (SSSR count). The molecule has 1 atom stereocenters. The number of anilines is 1. The van der Waals surface area contributed by atoms with Crippen molar-refractivity contribution in [3.8, 4) is 11.5 Å². The van der Waals surface area contributed by atoms with E-state index in [1.165, 1.54) is 4.90 Å². The van der Waals surface area contributed by atoms with E-state index in [9.17, 15) is 9.59 Å². The molecule has 3 aromatic carbocycles. The van der Waals surface area contributed by atoms with Crippen LogP contribution in [-0.2, 0) is 0 Å². The van der Waals surface area contributed by atoms with E-state index in [0.717, 1.165) is 42.5 Å². The number of nitrogens with zero attached hydrogens (tertiary/aromatic N) is 3. The van der Waals surface area contributed by atoms with Crippen molar-refractivity contribution >= 4 is 35.2 Å². The summed E-state index contributed by atoms with van der Waals surface area (Å²) >= 11 is 6.54. The number of rotatable bonds is 6. The van der Waals surface area contributed by atoms with Crippen LogP contribution in [0.1, 0.15) is 26.3 Å². The Hall–Kier alpha value is -3.81. The van der Waals surface area contributed by atoms with Gasteiger partial charge in [-0.3, -0.25) is 19.4 Å². The zero-order valence-electron chi connectivity index (χ0n) is 20.9. The lowest BCUT2D eigenvalue weighted by Crippen LogP contribution is -2.47. The molecule has 0 aromatic heterocycles. The normalized spacial score (nSPS) is 19.6. The van der Waals surface area contributed by atoms with E-state index in [1.54, 1.807) is 6.07 Å². The van der Waals surface area contributed by atoms with Crippen molar-refractivity contribution in [3.63, 3.8) is 0 Å². The molecule has 0 aliphatic carbocycles. The maximum absolute atomic E-state index is 13.5. The highest BCUT2D eigenvalue weighted by Crippen LogP contribution is 2.35. The molecular weight excluding hydrogens is 502 g/mol. The van der Waals surface area contributed by atoms with Gasteiger partial charge in [0.05, 0.1) is 23.4 Å². The third-order valence-electron chi connectivity index (χ3n) is 7.14. The molecular formula is C30H28ClN3O4. The number of imide groups is 1. The number of fused-ring (bicyclic) bond motifs is 2. The fraction of sp³-hybridized carbons (Fsp3) is 0.267. The van der Waals surface area contributed by atoms with Crippen LogP contribution in [0.4, 0.5) is 5.69 Å². The minimum absolute atomic E-state index is 0.139. The molecule has 1 unspecified atom stereocenters. The topological polar surface area (TPSA) is 62.3 Å². The number of halogens is 1. The monoisotopic (exact) mass is 529 g/mol. The van der Waals surface area contributed by atoms with Crippen LogP contribution < -0.4 is 14.4 Å². The van der Waals surface area contributed by atoms with Gasteiger partial charge in [-0.25, -0.2) is 0 Å². The van der Waals surface area contributed by atoms with Crippen molar-refractivity contribution in [2.75, 3.05) is 50.8 Å². The predicted octanol–water partition coefficient (Wildman–Crippen LogP) is 4.52. The zero-order valence-corrected chi connectivity index (χ0v) is 21.6. The molecule has 38 heavy (non-hydrogen) atoms. The van der Waals surface area contributed by atoms with Gasteiger partial charge in [0.1, 0.15) is 6.61 Å². The molecule has 0 saturated carbocycles. The Bertz CT molecular complexity index is 1390. The lowest BCUT2D eigenvalue weighted by atomic mass is 10.1. The molecule has 1 saturated heterocycles. The number of hydrogen-bond donors (Lipinski definition) is 0. The minimum atomic E-state index is -0.423. The summed E-state index contributed by atoms with van der Waals surface area (Å²) in [6.45, 7) is 4.19. The Kier molecular flexibility index (Phi) is 6.79. The van der Waals surface area contributed by atoms with Crippen LogP contribution in [0.2, 0.25) is 0 Å². The summed E-state index contributed by atoms with van der Waals surface area (Å²) in [6, 6.07) is 23.0. The highest BCUT2D eigenvalue weighted by atomic mass is 35.5. The number of amides is 2. The van der Waals surface area contributed by atoms with Crippen molar-refractivity contribution < 1.29 is 19.1 Å². The summed E-state index contributed by atoms with van der Waals surface area (Å²) in [6.07, 6.45) is 1.57. The van der Waals surface area contributed by atoms with Crippen LogP contribution in [0, 0.1) is 0 Å². The number of benzene rings is 3. The average Bonchev–Trinajstić information content (AvgIpc) is 3.19. The average molecular weight is 530 g/mol. The first-order valence-corrected chi connectivity index (χ1v) is 13.2. The standard InChI is InChI=1S/C30H28ClN3O4/c31-22(17-21-7-2-1-3-8-21)18-32-13-15-33(16-14-32)25-10-6-9-24-28(25)30(36)34(29(24)35)19-23-20-37-26-11-4-5-12-27(26)38-23/h1-12,17,23H,13-16,18-20H2. The van der Waals surface area contributed by atoms with Gasteiger partial charge in [0.15, 0.2) is 17.6 Å². The van der Waals surface area contributed by atoms with Crippen molar-refractivity contribution in [2.24, 2.45) is 0 Å². The zero-order chi connectivity index (χ0) is 26.1. The van der Waals surface area contributed by atoms with Crippen LogP contribution in [0.5, 0.6) is 11.5 Å². The van der Waals surface area contributed by atoms with E-state index < -0.39 is 6.10 Å². The predicted molar refractivity (Wildman–Crippen MR) is 147 cm³/mol. The lowest BCUT2D eigenvalue weighted by molar-refractivity contribution is 0.0430. The third-order valence-corrected chi connectivity index (χ3v) is 7.37. The summed E-state index contributed by atoms with van der Waals surface area (Å²) in [5.41, 5.74) is 2.81. The molecule has 0 radical (unpaired) electrons. The van der Waals surface area contributed by atoms with Crippen molar-refractivity contribution in [2.45, 2.75) is 6.10 Å². The first-order valence-electron chi connectivity index (χ1n) is 12.8. The maximum atomic E-state index is 13.5. The maximum Gasteiger partial charge on any atom is 0.263 e. The van der Waals surface area contributed by atoms with E-state index >= 15 is 0 Å². The van der Waals surface area contributed by atoms with E-state index in [2.05, 4.69) is 9.80 Å². The third kappa shape index (κ3) is 4.87. The molecule has 2 amide bonds. The lowest BCUT2D eigenvalue weighted by Gasteiger charge is -2.36. The molecule has 3 aliphatic rings. The smallest absolute Gasteiger partial charge is 0.263 e. The summed E-state index contributed by atoms with van der Waals surface area (Å²) in [7, 11) is 0. The Morgan fingerprint density at radius 1 is 0.868 bits per heavy atom. The Balaban J connectivity index is 1.11. The highest BCUT2D eigenvalue weighted by molar-refractivity contribution is 6.31. The highest BCUT2D eigenvalue weighted by Gasteiger charge is 2.40. The quantitative estimate of drug-likeness (QED) is 0.437. The minimum Gasteiger partial charge on any atom is -0.486 e. The van der Waals surface area contributed by atoms with E-state index in [0.29, 0.717) is 29.2 Å². The number of carbonyl (C=O) groups is 2. The molecule has 0 spiro atoms. The van der Waals surface area contributed by atoms with Crippen LogP contribution in [0.25, 0.3) is 6.08 Å². The van der Waals surface area contributed by atoms with Gasteiger partial charge in [-0.1, -0.05) is 60.1 Å². The fourth-order valence-corrected chi connectivity index (χ4v) is 5.53. The van der Waals surface area contributed by atoms with Gasteiger partial charge in [0.25, 0.3) is 11.8 Å². The molecule has 8 heteroatoms. The van der Waals surface area contributed by atoms with Crippen LogP contribution in [0.3, 0.4) is 0 Å². The second kappa shape index (κ2) is 10.5. The van der Waals surface area contributed by atoms with Crippen molar-refractivity contribution in [3.05, 3.63) is 94.5 Å². The van der Waals surface area contributed by atoms with E-state index in [1.807, 2.05) is 72.8 Å². The van der Waals surface area contributed by atoms with Gasteiger partial charge in [0.2, 0.25) is 0 Å². The van der Waals surface area contributed by atoms with Crippen molar-refractivity contribution in [1.29, 1.82) is 0 Å². The first-order chi connectivity index (χ1) is 18.6. The molecule has 0 bridgehead atoms. The van der Waals surface area contributed by atoms with Crippen LogP contribution in [0.15, 0.2) is 77.8 Å².